The van der Waals surface area contributed by atoms with E-state index in [1.54, 1.807) is 55.6 Å². The second-order valence-corrected chi connectivity index (χ2v) is 12.5. The molecule has 3 aromatic carbocycles. The van der Waals surface area contributed by atoms with Crippen LogP contribution in [0.4, 0.5) is 5.69 Å². The van der Waals surface area contributed by atoms with Crippen LogP contribution < -0.4 is 23.8 Å². The van der Waals surface area contributed by atoms with E-state index in [9.17, 15) is 18.0 Å². The molecule has 1 N–H and O–H groups in total. The van der Waals surface area contributed by atoms with Crippen molar-refractivity contribution in [2.24, 2.45) is 0 Å². The normalized spacial score (nSPS) is 14.0. The van der Waals surface area contributed by atoms with E-state index in [-0.39, 0.29) is 34.8 Å². The molecule has 4 rings (SSSR count). The first-order valence-electron chi connectivity index (χ1n) is 14.7. The maximum absolute atomic E-state index is 14.3. The number of rotatable bonds is 14. The summed E-state index contributed by atoms with van der Waals surface area (Å²) in [5.74, 6) is 0.657. The molecule has 1 aliphatic carbocycles. The van der Waals surface area contributed by atoms with Gasteiger partial charge in [0.05, 0.1) is 31.9 Å². The van der Waals surface area contributed by atoms with Crippen LogP contribution in [-0.4, -0.2) is 65.1 Å². The summed E-state index contributed by atoms with van der Waals surface area (Å²) in [5.41, 5.74) is 0.972. The molecule has 10 nitrogen and oxygen atoms in total. The first kappa shape index (κ1) is 32.7. The van der Waals surface area contributed by atoms with Crippen molar-refractivity contribution < 1.29 is 32.2 Å². The first-order chi connectivity index (χ1) is 21.2. The molecule has 0 aliphatic heterocycles. The number of amides is 2. The zero-order chi connectivity index (χ0) is 31.7. The van der Waals surface area contributed by atoms with E-state index in [0.717, 1.165) is 35.6 Å². The molecule has 0 heterocycles. The molecule has 0 saturated heterocycles. The number of hydrogen-bond acceptors (Lipinski definition) is 7. The molecule has 236 valence electrons. The molecule has 0 radical (unpaired) electrons. The van der Waals surface area contributed by atoms with Gasteiger partial charge >= 0.3 is 0 Å². The Balaban J connectivity index is 1.74. The van der Waals surface area contributed by atoms with Gasteiger partial charge < -0.3 is 24.4 Å². The van der Waals surface area contributed by atoms with Crippen LogP contribution in [0.1, 0.15) is 44.6 Å². The van der Waals surface area contributed by atoms with Crippen molar-refractivity contribution >= 4 is 27.5 Å². The molecule has 0 spiro atoms. The predicted molar refractivity (Wildman–Crippen MR) is 169 cm³/mol. The SMILES string of the molecule is CCC(C(=O)NC1CCCC1)N(Cc1ccc(OC)cc1)C(=O)CN(c1ccccc1OC)S(=O)(=O)c1ccc(OC)cc1. The zero-order valence-electron chi connectivity index (χ0n) is 25.7. The van der Waals surface area contributed by atoms with Crippen LogP contribution in [0.25, 0.3) is 0 Å². The van der Waals surface area contributed by atoms with E-state index < -0.39 is 28.5 Å². The summed E-state index contributed by atoms with van der Waals surface area (Å²) >= 11 is 0. The Kier molecular flexibility index (Phi) is 11.1. The minimum absolute atomic E-state index is 0.0234. The average molecular weight is 624 g/mol. The number of carbonyl (C=O) groups is 2. The number of ether oxygens (including phenoxy) is 3. The lowest BCUT2D eigenvalue weighted by molar-refractivity contribution is -0.140. The van der Waals surface area contributed by atoms with Gasteiger partial charge in [0.1, 0.15) is 29.8 Å². The van der Waals surface area contributed by atoms with Gasteiger partial charge in [-0.3, -0.25) is 13.9 Å². The summed E-state index contributed by atoms with van der Waals surface area (Å²) < 4.78 is 45.3. The lowest BCUT2D eigenvalue weighted by atomic mass is 10.1. The third-order valence-corrected chi connectivity index (χ3v) is 9.65. The quantitative estimate of drug-likeness (QED) is 0.275. The van der Waals surface area contributed by atoms with E-state index in [2.05, 4.69) is 5.32 Å². The molecule has 1 atom stereocenters. The summed E-state index contributed by atoms with van der Waals surface area (Å²) in [5, 5.41) is 3.12. The summed E-state index contributed by atoms with van der Waals surface area (Å²) in [7, 11) is 0.244. The van der Waals surface area contributed by atoms with Gasteiger partial charge in [0, 0.05) is 12.6 Å². The summed E-state index contributed by atoms with van der Waals surface area (Å²) in [6.07, 6.45) is 4.24. The number of nitrogens with zero attached hydrogens (tertiary/aromatic N) is 2. The highest BCUT2D eigenvalue weighted by Gasteiger charge is 2.35. The molecule has 0 bridgehead atoms. The van der Waals surface area contributed by atoms with E-state index in [1.807, 2.05) is 19.1 Å². The second-order valence-electron chi connectivity index (χ2n) is 10.6. The Morgan fingerprint density at radius 1 is 0.864 bits per heavy atom. The first-order valence-corrected chi connectivity index (χ1v) is 16.2. The molecular weight excluding hydrogens is 582 g/mol. The van der Waals surface area contributed by atoms with Crippen LogP contribution in [0.15, 0.2) is 77.7 Å². The maximum Gasteiger partial charge on any atom is 0.264 e. The Morgan fingerprint density at radius 2 is 1.45 bits per heavy atom. The highest BCUT2D eigenvalue weighted by atomic mass is 32.2. The second kappa shape index (κ2) is 15.0. The molecule has 44 heavy (non-hydrogen) atoms. The molecule has 1 unspecified atom stereocenters. The lowest BCUT2D eigenvalue weighted by Crippen LogP contribution is -2.53. The standard InChI is InChI=1S/C33H41N3O7S/c1-5-29(33(38)34-25-10-6-7-11-25)35(22-24-14-16-26(41-2)17-15-24)32(37)23-36(30-12-8-9-13-31(30)43-4)44(39,40)28-20-18-27(42-3)19-21-28/h8-9,12-21,25,29H,5-7,10-11,22-23H2,1-4H3,(H,34,38). The highest BCUT2D eigenvalue weighted by Crippen LogP contribution is 2.33. The van der Waals surface area contributed by atoms with Crippen molar-refractivity contribution in [3.8, 4) is 17.2 Å². The number of anilines is 1. The minimum atomic E-state index is -4.26. The van der Waals surface area contributed by atoms with Crippen LogP contribution in [0.5, 0.6) is 17.2 Å². The average Bonchev–Trinajstić information content (AvgIpc) is 3.56. The van der Waals surface area contributed by atoms with Gasteiger partial charge in [0.2, 0.25) is 11.8 Å². The van der Waals surface area contributed by atoms with Crippen LogP contribution in [0.2, 0.25) is 0 Å². The van der Waals surface area contributed by atoms with Crippen molar-refractivity contribution in [1.29, 1.82) is 0 Å². The third-order valence-electron chi connectivity index (χ3n) is 7.88. The zero-order valence-corrected chi connectivity index (χ0v) is 26.5. The Morgan fingerprint density at radius 3 is 2.02 bits per heavy atom. The van der Waals surface area contributed by atoms with E-state index in [0.29, 0.717) is 17.9 Å². The molecule has 1 fully saturated rings. The van der Waals surface area contributed by atoms with E-state index in [4.69, 9.17) is 14.2 Å². The molecular formula is C33H41N3O7S. The summed E-state index contributed by atoms with van der Waals surface area (Å²) in [6.45, 7) is 1.39. The van der Waals surface area contributed by atoms with Crippen LogP contribution >= 0.6 is 0 Å². The fourth-order valence-corrected chi connectivity index (χ4v) is 6.86. The van der Waals surface area contributed by atoms with Crippen LogP contribution in [-0.2, 0) is 26.2 Å². The molecule has 11 heteroatoms. The smallest absolute Gasteiger partial charge is 0.264 e. The van der Waals surface area contributed by atoms with Crippen molar-refractivity contribution in [2.75, 3.05) is 32.2 Å². The Labute approximate surface area is 260 Å². The largest absolute Gasteiger partial charge is 0.497 e. The number of carbonyl (C=O) groups excluding carboxylic acids is 2. The highest BCUT2D eigenvalue weighted by molar-refractivity contribution is 7.92. The van der Waals surface area contributed by atoms with Gasteiger partial charge in [-0.15, -0.1) is 0 Å². The summed E-state index contributed by atoms with van der Waals surface area (Å²) in [4.78, 5) is 29.4. The van der Waals surface area contributed by atoms with Gasteiger partial charge in [-0.2, -0.15) is 0 Å². The third kappa shape index (κ3) is 7.63. The topological polar surface area (TPSA) is 114 Å². The molecule has 2 amide bonds. The Hall–Kier alpha value is -4.25. The van der Waals surface area contributed by atoms with Crippen molar-refractivity contribution in [3.05, 3.63) is 78.4 Å². The number of methoxy groups -OCH3 is 3. The Bertz CT molecular complexity index is 1510. The number of sulfonamides is 1. The fraction of sp³-hybridized carbons (Fsp3) is 0.394. The van der Waals surface area contributed by atoms with Gasteiger partial charge in [0.15, 0.2) is 0 Å². The molecule has 1 saturated carbocycles. The van der Waals surface area contributed by atoms with Gasteiger partial charge in [0.25, 0.3) is 10.0 Å². The molecule has 3 aromatic rings. The number of para-hydroxylation sites is 2. The van der Waals surface area contributed by atoms with Crippen molar-refractivity contribution in [1.82, 2.24) is 10.2 Å². The van der Waals surface area contributed by atoms with Crippen molar-refractivity contribution in [2.45, 2.75) is 62.6 Å². The van der Waals surface area contributed by atoms with Gasteiger partial charge in [-0.1, -0.05) is 44.0 Å². The number of benzene rings is 3. The predicted octanol–water partition coefficient (Wildman–Crippen LogP) is 4.77. The fourth-order valence-electron chi connectivity index (χ4n) is 5.44. The number of nitrogens with one attached hydrogen (secondary N) is 1. The molecule has 0 aromatic heterocycles. The van der Waals surface area contributed by atoms with E-state index in [1.165, 1.54) is 31.3 Å². The van der Waals surface area contributed by atoms with Crippen LogP contribution in [0, 0.1) is 0 Å². The maximum atomic E-state index is 14.3. The van der Waals surface area contributed by atoms with Gasteiger partial charge in [-0.25, -0.2) is 8.42 Å². The van der Waals surface area contributed by atoms with Gasteiger partial charge in [-0.05, 0) is 73.4 Å². The molecule has 1 aliphatic rings. The monoisotopic (exact) mass is 623 g/mol. The minimum Gasteiger partial charge on any atom is -0.497 e. The lowest BCUT2D eigenvalue weighted by Gasteiger charge is -2.34. The van der Waals surface area contributed by atoms with Crippen LogP contribution in [0.3, 0.4) is 0 Å². The van der Waals surface area contributed by atoms with E-state index >= 15 is 0 Å². The van der Waals surface area contributed by atoms with Crippen molar-refractivity contribution in [3.63, 3.8) is 0 Å². The summed E-state index contributed by atoms with van der Waals surface area (Å²) in [6, 6.07) is 19.1. The number of hydrogen-bond donors (Lipinski definition) is 1.